The molecule has 4 aromatic carbocycles. The Labute approximate surface area is 245 Å². The van der Waals surface area contributed by atoms with Crippen LogP contribution in [0.25, 0.3) is 0 Å². The summed E-state index contributed by atoms with van der Waals surface area (Å²) in [5.41, 5.74) is 3.86. The molecule has 4 aromatic rings. The molecule has 42 heavy (non-hydrogen) atoms. The van der Waals surface area contributed by atoms with E-state index in [1.165, 1.54) is 29.2 Å². The van der Waals surface area contributed by atoms with Crippen LogP contribution in [0, 0.1) is 13.8 Å². The van der Waals surface area contributed by atoms with Crippen molar-refractivity contribution in [2.24, 2.45) is 0 Å². The minimum absolute atomic E-state index is 0.0150. The van der Waals surface area contributed by atoms with Gasteiger partial charge in [-0.3, -0.25) is 14.3 Å². The van der Waals surface area contributed by atoms with Gasteiger partial charge in [0.2, 0.25) is 0 Å². The van der Waals surface area contributed by atoms with Gasteiger partial charge in [0.15, 0.2) is 12.7 Å². The first-order valence-electron chi connectivity index (χ1n) is 13.4. The van der Waals surface area contributed by atoms with Crippen molar-refractivity contribution in [1.29, 1.82) is 0 Å². The van der Waals surface area contributed by atoms with Crippen LogP contribution in [0.15, 0.2) is 102 Å². The zero-order valence-corrected chi connectivity index (χ0v) is 24.1. The van der Waals surface area contributed by atoms with Crippen LogP contribution >= 0.6 is 0 Å². The molecule has 2 N–H and O–H groups in total. The third-order valence-electron chi connectivity index (χ3n) is 6.65. The minimum Gasteiger partial charge on any atom is -0.484 e. The number of fused-ring (bicyclic) bond motifs is 1. The summed E-state index contributed by atoms with van der Waals surface area (Å²) in [6.07, 6.45) is -0.901. The Morgan fingerprint density at radius 2 is 1.57 bits per heavy atom. The van der Waals surface area contributed by atoms with Crippen LogP contribution in [-0.4, -0.2) is 39.5 Å². The second-order valence-electron chi connectivity index (χ2n) is 10.0. The highest BCUT2D eigenvalue weighted by atomic mass is 32.2. The first-order valence-corrected chi connectivity index (χ1v) is 14.9. The fraction of sp³-hybridized carbons (Fsp3) is 0.188. The molecule has 0 aliphatic carbocycles. The van der Waals surface area contributed by atoms with Gasteiger partial charge in [-0.2, -0.15) is 0 Å². The topological polar surface area (TPSA) is 114 Å². The number of anilines is 2. The van der Waals surface area contributed by atoms with Crippen LogP contribution in [0.4, 0.5) is 11.4 Å². The Balaban J connectivity index is 1.22. The normalized spacial score (nSPS) is 14.3. The summed E-state index contributed by atoms with van der Waals surface area (Å²) in [7, 11) is -3.81. The molecule has 5 rings (SSSR count). The number of benzene rings is 4. The molecular weight excluding hydrogens is 554 g/mol. The van der Waals surface area contributed by atoms with Crippen LogP contribution in [0.2, 0.25) is 0 Å². The average molecular weight is 586 g/mol. The number of nitrogens with one attached hydrogen (secondary N) is 2. The van der Waals surface area contributed by atoms with E-state index in [4.69, 9.17) is 9.47 Å². The Kier molecular flexibility index (Phi) is 8.44. The van der Waals surface area contributed by atoms with Gasteiger partial charge in [0.1, 0.15) is 11.5 Å². The summed E-state index contributed by atoms with van der Waals surface area (Å²) >= 11 is 0. The lowest BCUT2D eigenvalue weighted by molar-refractivity contribution is -0.128. The third kappa shape index (κ3) is 6.90. The van der Waals surface area contributed by atoms with Gasteiger partial charge in [0, 0.05) is 12.2 Å². The van der Waals surface area contributed by atoms with Crippen molar-refractivity contribution in [2.45, 2.75) is 31.4 Å². The average Bonchev–Trinajstić information content (AvgIpc) is 2.98. The first-order chi connectivity index (χ1) is 20.2. The Bertz CT molecular complexity index is 1670. The number of para-hydroxylation sites is 2. The molecule has 216 valence electrons. The van der Waals surface area contributed by atoms with Crippen LogP contribution < -0.4 is 24.4 Å². The van der Waals surface area contributed by atoms with Crippen LogP contribution in [0.5, 0.6) is 11.5 Å². The van der Waals surface area contributed by atoms with Crippen molar-refractivity contribution in [2.75, 3.05) is 22.8 Å². The number of ether oxygens (including phenoxy) is 2. The van der Waals surface area contributed by atoms with E-state index in [0.717, 1.165) is 16.7 Å². The van der Waals surface area contributed by atoms with Gasteiger partial charge in [0.25, 0.3) is 21.8 Å². The van der Waals surface area contributed by atoms with E-state index in [-0.39, 0.29) is 29.9 Å². The van der Waals surface area contributed by atoms with Crippen molar-refractivity contribution in [3.05, 3.63) is 114 Å². The van der Waals surface area contributed by atoms with Crippen LogP contribution in [0.3, 0.4) is 0 Å². The number of rotatable bonds is 9. The van der Waals surface area contributed by atoms with Crippen LogP contribution in [0.1, 0.15) is 16.7 Å². The molecule has 0 bridgehead atoms. The molecule has 1 aliphatic rings. The molecule has 1 heterocycles. The molecule has 10 heteroatoms. The number of aryl methyl sites for hydroxylation is 2. The van der Waals surface area contributed by atoms with E-state index in [2.05, 4.69) is 10.0 Å². The zero-order valence-electron chi connectivity index (χ0n) is 23.2. The molecule has 0 unspecified atom stereocenters. The predicted molar refractivity (Wildman–Crippen MR) is 160 cm³/mol. The largest absolute Gasteiger partial charge is 0.484 e. The van der Waals surface area contributed by atoms with Crippen molar-refractivity contribution in [1.82, 2.24) is 5.32 Å². The Morgan fingerprint density at radius 3 is 2.29 bits per heavy atom. The number of sulfonamides is 1. The maximum atomic E-state index is 13.3. The lowest BCUT2D eigenvalue weighted by Gasteiger charge is -2.34. The zero-order chi connectivity index (χ0) is 29.7. The molecule has 0 spiro atoms. The van der Waals surface area contributed by atoms with Gasteiger partial charge in [-0.15, -0.1) is 0 Å². The predicted octanol–water partition coefficient (Wildman–Crippen LogP) is 4.59. The molecule has 1 atom stereocenters. The highest BCUT2D eigenvalue weighted by Gasteiger charge is 2.33. The van der Waals surface area contributed by atoms with Crippen molar-refractivity contribution >= 4 is 33.2 Å². The molecule has 0 saturated heterocycles. The monoisotopic (exact) mass is 585 g/mol. The Hall–Kier alpha value is -4.83. The molecule has 9 nitrogen and oxygen atoms in total. The molecular formula is C32H31N3O6S. The van der Waals surface area contributed by atoms with Gasteiger partial charge in [-0.25, -0.2) is 8.42 Å². The highest BCUT2D eigenvalue weighted by Crippen LogP contribution is 2.33. The SMILES string of the molecule is Cc1cc(C)cc(NS(=O)(=O)c2ccc(OCC(=O)N3C[C@@H](C(=O)NCc4ccccc4)Oc4ccccc43)cc2)c1. The van der Waals surface area contributed by atoms with Crippen molar-refractivity contribution in [3.63, 3.8) is 0 Å². The minimum atomic E-state index is -3.81. The molecule has 0 radical (unpaired) electrons. The van der Waals surface area contributed by atoms with Crippen molar-refractivity contribution < 1.29 is 27.5 Å². The van der Waals surface area contributed by atoms with Gasteiger partial charge < -0.3 is 19.7 Å². The quantitative estimate of drug-likeness (QED) is 0.297. The summed E-state index contributed by atoms with van der Waals surface area (Å²) < 4.78 is 40.0. The second-order valence-corrected chi connectivity index (χ2v) is 11.7. The van der Waals surface area contributed by atoms with Crippen LogP contribution in [-0.2, 0) is 26.2 Å². The summed E-state index contributed by atoms with van der Waals surface area (Å²) in [4.78, 5) is 27.7. The number of carbonyl (C=O) groups is 2. The summed E-state index contributed by atoms with van der Waals surface area (Å²) in [6, 6.07) is 27.8. The number of hydrogen-bond acceptors (Lipinski definition) is 6. The highest BCUT2D eigenvalue weighted by molar-refractivity contribution is 7.92. The summed E-state index contributed by atoms with van der Waals surface area (Å²) in [5, 5.41) is 2.87. The number of nitrogens with zero attached hydrogens (tertiary/aromatic N) is 1. The van der Waals surface area contributed by atoms with Gasteiger partial charge >= 0.3 is 0 Å². The third-order valence-corrected chi connectivity index (χ3v) is 8.04. The number of hydrogen-bond donors (Lipinski definition) is 2. The van der Waals surface area contributed by atoms with E-state index in [9.17, 15) is 18.0 Å². The van der Waals surface area contributed by atoms with Gasteiger partial charge in [0.05, 0.1) is 17.1 Å². The lowest BCUT2D eigenvalue weighted by atomic mass is 10.1. The van der Waals surface area contributed by atoms with E-state index >= 15 is 0 Å². The van der Waals surface area contributed by atoms with E-state index < -0.39 is 16.1 Å². The van der Waals surface area contributed by atoms with Gasteiger partial charge in [-0.05, 0) is 79.1 Å². The van der Waals surface area contributed by atoms with E-state index in [1.54, 1.807) is 36.4 Å². The summed E-state index contributed by atoms with van der Waals surface area (Å²) in [6.45, 7) is 3.83. The molecule has 1 aliphatic heterocycles. The standard InChI is InChI=1S/C32H31N3O6S/c1-22-16-23(2)18-25(17-22)34-42(38,39)27-14-12-26(13-15-27)40-21-31(36)35-20-30(41-29-11-7-6-10-28(29)35)32(37)33-19-24-8-4-3-5-9-24/h3-18,30,34H,19-21H2,1-2H3,(H,33,37)/t30-/m0/s1. The second kappa shape index (κ2) is 12.4. The number of amides is 2. The fourth-order valence-corrected chi connectivity index (χ4v) is 5.73. The Morgan fingerprint density at radius 1 is 0.905 bits per heavy atom. The van der Waals surface area contributed by atoms with E-state index in [1.807, 2.05) is 50.2 Å². The molecule has 0 aromatic heterocycles. The smallest absolute Gasteiger partial charge is 0.265 e. The van der Waals surface area contributed by atoms with Gasteiger partial charge in [-0.1, -0.05) is 48.5 Å². The maximum absolute atomic E-state index is 13.3. The molecule has 0 saturated carbocycles. The molecule has 0 fully saturated rings. The molecule has 2 amide bonds. The maximum Gasteiger partial charge on any atom is 0.265 e. The summed E-state index contributed by atoms with van der Waals surface area (Å²) in [5.74, 6) is 0.0355. The van der Waals surface area contributed by atoms with Crippen molar-refractivity contribution in [3.8, 4) is 11.5 Å². The lowest BCUT2D eigenvalue weighted by Crippen LogP contribution is -2.51. The van der Waals surface area contributed by atoms with E-state index in [0.29, 0.717) is 29.4 Å². The first kappa shape index (κ1) is 28.7. The number of carbonyl (C=O) groups excluding carboxylic acids is 2. The fourth-order valence-electron chi connectivity index (χ4n) is 4.69.